The minimum Gasteiger partial charge on any atom is -0.391 e. The lowest BCUT2D eigenvalue weighted by molar-refractivity contribution is -0.149. The number of aliphatic hydroxyl groups excluding tert-OH is 1. The third-order valence-corrected chi connectivity index (χ3v) is 9.28. The number of hydrogen-bond acceptors (Lipinski definition) is 6. The van der Waals surface area contributed by atoms with Crippen molar-refractivity contribution >= 4 is 28.9 Å². The molecule has 1 N–H and O–H groups in total. The second kappa shape index (κ2) is 10.6. The van der Waals surface area contributed by atoms with Crippen LogP contribution in [0.1, 0.15) is 67.7 Å². The minimum atomic E-state index is -1.14. The quantitative estimate of drug-likeness (QED) is 0.438. The van der Waals surface area contributed by atoms with Crippen LogP contribution in [0.4, 0.5) is 0 Å². The van der Waals surface area contributed by atoms with Gasteiger partial charge >= 0.3 is 0 Å². The van der Waals surface area contributed by atoms with Crippen molar-refractivity contribution < 1.29 is 19.5 Å². The zero-order chi connectivity index (χ0) is 28.8. The van der Waals surface area contributed by atoms with Crippen LogP contribution in [0.25, 0.3) is 10.4 Å². The highest BCUT2D eigenvalue weighted by molar-refractivity contribution is 7.13. The average molecular weight is 560 g/mol. The molecule has 2 aliphatic rings. The maximum Gasteiger partial charge on any atom is 0.255 e. The highest BCUT2D eigenvalue weighted by Crippen LogP contribution is 2.38. The number of rotatable bonds is 7. The van der Waals surface area contributed by atoms with Crippen LogP contribution < -0.4 is 0 Å². The summed E-state index contributed by atoms with van der Waals surface area (Å²) in [5.74, 6) is -0.539. The standard InChI is InChI=1S/C32H37N3O4S/c1-20-27(40-19-33-20)22-13-10-21(11-14-22)12-15-26(37)32(5)16-24(36)18-35(32)30(39)28(31(2,3)4)34-17-23-8-6-7-9-25(23)29(34)38/h6-11,13-14,19,24,28,36H,12,15-18H2,1-5H3/t24-,28-,32?/m1/s1. The molecule has 3 heterocycles. The molecular weight excluding hydrogens is 522 g/mol. The van der Waals surface area contributed by atoms with E-state index in [4.69, 9.17) is 0 Å². The molecule has 1 fully saturated rings. The number of likely N-dealkylation sites (tertiary alicyclic amines) is 1. The van der Waals surface area contributed by atoms with E-state index in [0.29, 0.717) is 18.5 Å². The number of benzene rings is 2. The molecule has 1 aromatic heterocycles. The summed E-state index contributed by atoms with van der Waals surface area (Å²) in [6.45, 7) is 10.00. The van der Waals surface area contributed by atoms with E-state index >= 15 is 0 Å². The Kier molecular flexibility index (Phi) is 7.44. The fourth-order valence-corrected chi connectivity index (χ4v) is 6.99. The Hall–Kier alpha value is -3.36. The van der Waals surface area contributed by atoms with Gasteiger partial charge in [0.15, 0.2) is 5.78 Å². The highest BCUT2D eigenvalue weighted by atomic mass is 32.1. The fourth-order valence-electron chi connectivity index (χ4n) is 6.18. The molecule has 2 amide bonds. The second-order valence-electron chi connectivity index (χ2n) is 12.3. The lowest BCUT2D eigenvalue weighted by atomic mass is 9.82. The topological polar surface area (TPSA) is 90.8 Å². The van der Waals surface area contributed by atoms with E-state index < -0.39 is 23.1 Å². The molecule has 2 aliphatic heterocycles. The predicted molar refractivity (Wildman–Crippen MR) is 156 cm³/mol. The smallest absolute Gasteiger partial charge is 0.255 e. The maximum absolute atomic E-state index is 14.3. The van der Waals surface area contributed by atoms with Gasteiger partial charge in [-0.25, -0.2) is 4.98 Å². The number of ketones is 1. The summed E-state index contributed by atoms with van der Waals surface area (Å²) in [4.78, 5) is 50.0. The van der Waals surface area contributed by atoms with Gasteiger partial charge in [-0.2, -0.15) is 0 Å². The van der Waals surface area contributed by atoms with Crippen molar-refractivity contribution in [2.75, 3.05) is 6.54 Å². The predicted octanol–water partition coefficient (Wildman–Crippen LogP) is 5.04. The number of aromatic nitrogens is 1. The molecule has 0 aliphatic carbocycles. The van der Waals surface area contributed by atoms with Gasteiger partial charge in [0.25, 0.3) is 5.91 Å². The first-order valence-corrected chi connectivity index (χ1v) is 14.7. The molecule has 40 heavy (non-hydrogen) atoms. The van der Waals surface area contributed by atoms with Crippen LogP contribution in [0.5, 0.6) is 0 Å². The Labute approximate surface area is 239 Å². The van der Waals surface area contributed by atoms with Crippen molar-refractivity contribution in [2.24, 2.45) is 5.41 Å². The number of nitrogens with zero attached hydrogens (tertiary/aromatic N) is 3. The van der Waals surface area contributed by atoms with E-state index in [-0.39, 0.29) is 37.0 Å². The summed E-state index contributed by atoms with van der Waals surface area (Å²) in [6, 6.07) is 14.8. The van der Waals surface area contributed by atoms with Crippen LogP contribution in [0.15, 0.2) is 54.0 Å². The number of hydrogen-bond donors (Lipinski definition) is 1. The molecule has 7 nitrogen and oxygen atoms in total. The molecule has 8 heteroatoms. The van der Waals surface area contributed by atoms with E-state index in [1.54, 1.807) is 34.1 Å². The van der Waals surface area contributed by atoms with Gasteiger partial charge in [0.2, 0.25) is 5.91 Å². The van der Waals surface area contributed by atoms with Gasteiger partial charge in [0, 0.05) is 31.5 Å². The molecule has 0 saturated carbocycles. The van der Waals surface area contributed by atoms with Gasteiger partial charge in [-0.15, -0.1) is 11.3 Å². The maximum atomic E-state index is 14.3. The molecule has 0 radical (unpaired) electrons. The number of amides is 2. The molecule has 0 bridgehead atoms. The summed E-state index contributed by atoms with van der Waals surface area (Å²) < 4.78 is 0. The first-order chi connectivity index (χ1) is 18.9. The number of thiazole rings is 1. The molecular formula is C32H37N3O4S. The summed E-state index contributed by atoms with van der Waals surface area (Å²) in [5.41, 5.74) is 4.76. The van der Waals surface area contributed by atoms with E-state index in [0.717, 1.165) is 27.3 Å². The summed E-state index contributed by atoms with van der Waals surface area (Å²) in [6.07, 6.45) is 0.177. The van der Waals surface area contributed by atoms with E-state index in [1.807, 2.05) is 63.5 Å². The van der Waals surface area contributed by atoms with Crippen LogP contribution in [0, 0.1) is 12.3 Å². The molecule has 210 valence electrons. The van der Waals surface area contributed by atoms with Gasteiger partial charge in [-0.3, -0.25) is 14.4 Å². The van der Waals surface area contributed by atoms with Crippen molar-refractivity contribution in [3.8, 4) is 10.4 Å². The van der Waals surface area contributed by atoms with Crippen molar-refractivity contribution in [2.45, 2.75) is 78.1 Å². The van der Waals surface area contributed by atoms with Gasteiger partial charge in [-0.1, -0.05) is 63.2 Å². The number of β-amino-alcohol motifs (C(OH)–C–C–N with tert-alkyl or cyclic N) is 1. The monoisotopic (exact) mass is 559 g/mol. The molecule has 0 spiro atoms. The fraction of sp³-hybridized carbons (Fsp3) is 0.438. The van der Waals surface area contributed by atoms with Gasteiger partial charge in [0.05, 0.1) is 22.2 Å². The first-order valence-electron chi connectivity index (χ1n) is 13.8. The van der Waals surface area contributed by atoms with Crippen LogP contribution >= 0.6 is 11.3 Å². The Morgan fingerprint density at radius 1 is 1.15 bits per heavy atom. The van der Waals surface area contributed by atoms with Gasteiger partial charge in [-0.05, 0) is 48.4 Å². The molecule has 1 saturated heterocycles. The Bertz CT molecular complexity index is 1440. The third-order valence-electron chi connectivity index (χ3n) is 8.31. The van der Waals surface area contributed by atoms with Crippen molar-refractivity contribution in [1.29, 1.82) is 0 Å². The average Bonchev–Trinajstić information content (AvgIpc) is 3.57. The third kappa shape index (κ3) is 5.10. The summed E-state index contributed by atoms with van der Waals surface area (Å²) in [7, 11) is 0. The lowest BCUT2D eigenvalue weighted by Crippen LogP contribution is -2.60. The zero-order valence-electron chi connectivity index (χ0n) is 23.8. The number of carbonyl (C=O) groups excluding carboxylic acids is 3. The largest absolute Gasteiger partial charge is 0.391 e. The van der Waals surface area contributed by atoms with Crippen molar-refractivity contribution in [3.63, 3.8) is 0 Å². The molecule has 2 aromatic carbocycles. The van der Waals surface area contributed by atoms with Gasteiger partial charge < -0.3 is 14.9 Å². The van der Waals surface area contributed by atoms with Crippen LogP contribution in [0.2, 0.25) is 0 Å². The Balaban J connectivity index is 1.34. The van der Waals surface area contributed by atoms with Crippen molar-refractivity contribution in [1.82, 2.24) is 14.8 Å². The van der Waals surface area contributed by atoms with E-state index in [9.17, 15) is 19.5 Å². The highest BCUT2D eigenvalue weighted by Gasteiger charge is 2.53. The number of Topliss-reactive ketones (excluding diaryl/α,β-unsaturated/α-hetero) is 1. The summed E-state index contributed by atoms with van der Waals surface area (Å²) >= 11 is 1.60. The zero-order valence-corrected chi connectivity index (χ0v) is 24.6. The van der Waals surface area contributed by atoms with Crippen LogP contribution in [-0.2, 0) is 22.6 Å². The Morgan fingerprint density at radius 3 is 2.48 bits per heavy atom. The molecule has 3 atom stereocenters. The lowest BCUT2D eigenvalue weighted by Gasteiger charge is -2.43. The second-order valence-corrected chi connectivity index (χ2v) is 13.2. The van der Waals surface area contributed by atoms with Gasteiger partial charge in [0.1, 0.15) is 11.6 Å². The number of aryl methyl sites for hydroxylation is 2. The summed E-state index contributed by atoms with van der Waals surface area (Å²) in [5, 5.41) is 10.7. The SMILES string of the molecule is Cc1ncsc1-c1ccc(CCC(=O)C2(C)C[C@@H](O)CN2C(=O)[C@@H](N2Cc3ccccc3C2=O)C(C)(C)C)cc1. The first kappa shape index (κ1) is 28.2. The van der Waals surface area contributed by atoms with Crippen LogP contribution in [0.3, 0.4) is 0 Å². The molecule has 5 rings (SSSR count). The van der Waals surface area contributed by atoms with E-state index in [1.165, 1.54) is 0 Å². The van der Waals surface area contributed by atoms with Crippen LogP contribution in [-0.4, -0.2) is 61.7 Å². The van der Waals surface area contributed by atoms with E-state index in [2.05, 4.69) is 17.1 Å². The number of aliphatic hydroxyl groups is 1. The number of carbonyl (C=O) groups is 3. The number of fused-ring (bicyclic) bond motifs is 1. The van der Waals surface area contributed by atoms with Crippen molar-refractivity contribution in [3.05, 3.63) is 76.4 Å². The molecule has 3 aromatic rings. The molecule has 1 unspecified atom stereocenters. The Morgan fingerprint density at radius 2 is 1.85 bits per heavy atom. The normalized spacial score (nSPS) is 21.6. The minimum absolute atomic E-state index is 0.0749.